The molecule has 1 aromatic carbocycles. The number of likely N-dealkylation sites (tertiary alicyclic amines) is 1. The van der Waals surface area contributed by atoms with Gasteiger partial charge in [0.05, 0.1) is 11.6 Å². The first-order chi connectivity index (χ1) is 16.3. The van der Waals surface area contributed by atoms with Gasteiger partial charge in [-0.3, -0.25) is 14.3 Å². The molecule has 3 fully saturated rings. The summed E-state index contributed by atoms with van der Waals surface area (Å²) in [7, 11) is 0. The van der Waals surface area contributed by atoms with E-state index in [2.05, 4.69) is 15.4 Å². The third-order valence-corrected chi connectivity index (χ3v) is 7.78. The Balaban J connectivity index is 1.32. The number of hydrogen-bond acceptors (Lipinski definition) is 4. The Kier molecular flexibility index (Phi) is 4.63. The van der Waals surface area contributed by atoms with Crippen molar-refractivity contribution in [2.75, 3.05) is 18.4 Å². The molecule has 9 heteroatoms. The fourth-order valence-corrected chi connectivity index (χ4v) is 5.89. The summed E-state index contributed by atoms with van der Waals surface area (Å²) in [6.07, 6.45) is 4.55. The standard InChI is InChI=1S/C25H27F2N5O2/c1-15-12-16(4-5-17(15)23(34)31-10-2-3-11-31)29-21-20-18(6-9-28-22(20)33)32(30-21)19-13-24(19)7-8-25(26,27)14-24/h4-6,9,12,19H,2-3,7-8,10-11,13-14H2,1H3,(H,28,33)(H,29,30). The van der Waals surface area contributed by atoms with Gasteiger partial charge in [0.15, 0.2) is 5.82 Å². The van der Waals surface area contributed by atoms with Gasteiger partial charge in [-0.05, 0) is 62.4 Å². The lowest BCUT2D eigenvalue weighted by Gasteiger charge is -2.17. The fourth-order valence-electron chi connectivity index (χ4n) is 5.89. The van der Waals surface area contributed by atoms with Gasteiger partial charge in [0.25, 0.3) is 11.5 Å². The van der Waals surface area contributed by atoms with Crippen LogP contribution in [0.3, 0.4) is 0 Å². The third kappa shape index (κ3) is 3.40. The molecule has 1 aliphatic heterocycles. The van der Waals surface area contributed by atoms with E-state index in [9.17, 15) is 18.4 Å². The number of nitrogens with one attached hydrogen (secondary N) is 2. The van der Waals surface area contributed by atoms with Crippen molar-refractivity contribution in [1.82, 2.24) is 19.7 Å². The van der Waals surface area contributed by atoms with Crippen molar-refractivity contribution in [3.8, 4) is 0 Å². The van der Waals surface area contributed by atoms with Crippen LogP contribution in [0.2, 0.25) is 0 Å². The molecule has 1 amide bonds. The lowest BCUT2D eigenvalue weighted by atomic mass is 10.0. The molecule has 3 heterocycles. The Hall–Kier alpha value is -3.23. The number of alkyl halides is 2. The van der Waals surface area contributed by atoms with Crippen LogP contribution in [0.15, 0.2) is 35.3 Å². The summed E-state index contributed by atoms with van der Waals surface area (Å²) >= 11 is 0. The zero-order valence-electron chi connectivity index (χ0n) is 19.0. The second-order valence-electron chi connectivity index (χ2n) is 10.1. The number of anilines is 2. The van der Waals surface area contributed by atoms with Gasteiger partial charge in [0.1, 0.15) is 5.39 Å². The molecular weight excluding hydrogens is 440 g/mol. The van der Waals surface area contributed by atoms with Gasteiger partial charge in [-0.25, -0.2) is 8.78 Å². The molecule has 7 nitrogen and oxygen atoms in total. The average molecular weight is 468 g/mol. The number of pyridine rings is 1. The number of H-pyrrole nitrogens is 1. The Morgan fingerprint density at radius 3 is 2.71 bits per heavy atom. The van der Waals surface area contributed by atoms with Crippen LogP contribution < -0.4 is 10.9 Å². The van der Waals surface area contributed by atoms with Crippen LogP contribution in [0.4, 0.5) is 20.3 Å². The number of halogens is 2. The molecule has 2 N–H and O–H groups in total. The summed E-state index contributed by atoms with van der Waals surface area (Å²) in [5.74, 6) is -2.19. The maximum atomic E-state index is 13.9. The highest BCUT2D eigenvalue weighted by Gasteiger charge is 2.64. The van der Waals surface area contributed by atoms with Crippen molar-refractivity contribution in [3.05, 3.63) is 51.9 Å². The summed E-state index contributed by atoms with van der Waals surface area (Å²) in [5.41, 5.74) is 2.15. The number of rotatable bonds is 4. The van der Waals surface area contributed by atoms with Crippen molar-refractivity contribution >= 4 is 28.3 Å². The van der Waals surface area contributed by atoms with E-state index in [0.717, 1.165) is 31.5 Å². The predicted molar refractivity (Wildman–Crippen MR) is 125 cm³/mol. The van der Waals surface area contributed by atoms with Gasteiger partial charge >= 0.3 is 0 Å². The van der Waals surface area contributed by atoms with Crippen molar-refractivity contribution in [1.29, 1.82) is 0 Å². The molecule has 2 saturated carbocycles. The Bertz CT molecular complexity index is 1360. The van der Waals surface area contributed by atoms with E-state index < -0.39 is 11.3 Å². The molecule has 2 aliphatic carbocycles. The van der Waals surface area contributed by atoms with Crippen molar-refractivity contribution in [2.24, 2.45) is 5.41 Å². The Morgan fingerprint density at radius 1 is 1.21 bits per heavy atom. The van der Waals surface area contributed by atoms with Gasteiger partial charge in [0, 0.05) is 48.8 Å². The number of aromatic amines is 1. The zero-order valence-corrected chi connectivity index (χ0v) is 19.0. The molecule has 0 radical (unpaired) electrons. The summed E-state index contributed by atoms with van der Waals surface area (Å²) in [5, 5.41) is 8.33. The number of aromatic nitrogens is 3. The van der Waals surface area contributed by atoms with Gasteiger partial charge in [-0.1, -0.05) is 0 Å². The van der Waals surface area contributed by atoms with Crippen molar-refractivity contribution < 1.29 is 13.6 Å². The SMILES string of the molecule is Cc1cc(Nc2nn(C3CC34CCC(F)(F)C4)c3cc[nH]c(=O)c23)ccc1C(=O)N1CCCC1. The second kappa shape index (κ2) is 7.38. The van der Waals surface area contributed by atoms with E-state index >= 15 is 0 Å². The van der Waals surface area contributed by atoms with E-state index in [-0.39, 0.29) is 30.3 Å². The molecule has 6 rings (SSSR count). The van der Waals surface area contributed by atoms with E-state index in [1.54, 1.807) is 23.0 Å². The van der Waals surface area contributed by atoms with Gasteiger partial charge < -0.3 is 15.2 Å². The summed E-state index contributed by atoms with van der Waals surface area (Å²) in [4.78, 5) is 30.1. The largest absolute Gasteiger partial charge is 0.339 e. The molecule has 1 saturated heterocycles. The third-order valence-electron chi connectivity index (χ3n) is 7.78. The monoisotopic (exact) mass is 467 g/mol. The first kappa shape index (κ1) is 21.3. The highest BCUT2D eigenvalue weighted by molar-refractivity contribution is 5.97. The molecule has 0 bridgehead atoms. The van der Waals surface area contributed by atoms with Crippen LogP contribution in [0.5, 0.6) is 0 Å². The predicted octanol–water partition coefficient (Wildman–Crippen LogP) is 4.76. The molecular formula is C25H27F2N5O2. The van der Waals surface area contributed by atoms with Crippen LogP contribution in [0.1, 0.15) is 60.5 Å². The highest BCUT2D eigenvalue weighted by atomic mass is 19.3. The zero-order chi connectivity index (χ0) is 23.7. The normalized spacial score (nSPS) is 25.4. The smallest absolute Gasteiger partial charge is 0.261 e. The minimum absolute atomic E-state index is 0.0418. The molecule has 34 heavy (non-hydrogen) atoms. The molecule has 3 aliphatic rings. The van der Waals surface area contributed by atoms with Crippen LogP contribution in [-0.4, -0.2) is 44.6 Å². The number of nitrogens with zero attached hydrogens (tertiary/aromatic N) is 3. The van der Waals surface area contributed by atoms with Gasteiger partial charge in [-0.2, -0.15) is 5.10 Å². The first-order valence-electron chi connectivity index (χ1n) is 11.9. The maximum Gasteiger partial charge on any atom is 0.261 e. The molecule has 1 spiro atoms. The Labute approximate surface area is 195 Å². The van der Waals surface area contributed by atoms with Crippen LogP contribution in [0, 0.1) is 12.3 Å². The summed E-state index contributed by atoms with van der Waals surface area (Å²) in [6.45, 7) is 3.48. The minimum atomic E-state index is -2.62. The van der Waals surface area contributed by atoms with Gasteiger partial charge in [-0.15, -0.1) is 0 Å². The number of carbonyl (C=O) groups is 1. The van der Waals surface area contributed by atoms with E-state index in [4.69, 9.17) is 0 Å². The highest BCUT2D eigenvalue weighted by Crippen LogP contribution is 2.69. The average Bonchev–Trinajstić information content (AvgIpc) is 3.17. The van der Waals surface area contributed by atoms with E-state index in [1.807, 2.05) is 24.0 Å². The minimum Gasteiger partial charge on any atom is -0.339 e. The number of fused-ring (bicyclic) bond motifs is 1. The summed E-state index contributed by atoms with van der Waals surface area (Å²) < 4.78 is 29.6. The first-order valence-corrected chi connectivity index (χ1v) is 11.9. The number of carbonyl (C=O) groups excluding carboxylic acids is 1. The lowest BCUT2D eigenvalue weighted by molar-refractivity contribution is 0.00284. The second-order valence-corrected chi connectivity index (χ2v) is 10.1. The summed E-state index contributed by atoms with van der Waals surface area (Å²) in [6, 6.07) is 7.13. The van der Waals surface area contributed by atoms with Crippen LogP contribution in [0.25, 0.3) is 10.9 Å². The number of benzene rings is 1. The number of amides is 1. The topological polar surface area (TPSA) is 83.0 Å². The number of hydrogen-bond donors (Lipinski definition) is 2. The van der Waals surface area contributed by atoms with E-state index in [0.29, 0.717) is 40.8 Å². The maximum absolute atomic E-state index is 13.9. The van der Waals surface area contributed by atoms with Crippen LogP contribution >= 0.6 is 0 Å². The molecule has 2 unspecified atom stereocenters. The molecule has 2 aromatic heterocycles. The van der Waals surface area contributed by atoms with Crippen molar-refractivity contribution in [3.63, 3.8) is 0 Å². The van der Waals surface area contributed by atoms with E-state index in [1.165, 1.54) is 0 Å². The molecule has 178 valence electrons. The lowest BCUT2D eigenvalue weighted by Crippen LogP contribution is -2.28. The van der Waals surface area contributed by atoms with Crippen molar-refractivity contribution in [2.45, 2.75) is 57.4 Å². The molecule has 2 atom stereocenters. The Morgan fingerprint density at radius 2 is 2.00 bits per heavy atom. The number of aryl methyl sites for hydroxylation is 1. The quantitative estimate of drug-likeness (QED) is 0.580. The van der Waals surface area contributed by atoms with Gasteiger partial charge in [0.2, 0.25) is 5.92 Å². The molecule has 3 aromatic rings. The fraction of sp³-hybridized carbons (Fsp3) is 0.480. The van der Waals surface area contributed by atoms with Crippen LogP contribution in [-0.2, 0) is 0 Å².